The van der Waals surface area contributed by atoms with Crippen LogP contribution in [0.25, 0.3) is 0 Å². The molecule has 0 spiro atoms. The molecule has 0 aromatic carbocycles. The van der Waals surface area contributed by atoms with Crippen LogP contribution in [0.2, 0.25) is 0 Å². The van der Waals surface area contributed by atoms with Crippen molar-refractivity contribution in [1.29, 1.82) is 0 Å². The van der Waals surface area contributed by atoms with Gasteiger partial charge in [0.15, 0.2) is 0 Å². The van der Waals surface area contributed by atoms with E-state index in [1.807, 2.05) is 20.2 Å². The topological polar surface area (TPSA) is 62.3 Å². The molecule has 2 unspecified atom stereocenters. The van der Waals surface area contributed by atoms with Crippen LogP contribution in [0.3, 0.4) is 0 Å². The van der Waals surface area contributed by atoms with E-state index in [1.54, 1.807) is 0 Å². The first-order valence-electron chi connectivity index (χ1n) is 7.37. The minimum atomic E-state index is 0.247. The van der Waals surface area contributed by atoms with Gasteiger partial charge in [-0.25, -0.2) is 4.98 Å². The summed E-state index contributed by atoms with van der Waals surface area (Å²) in [6.07, 6.45) is 4.68. The average Bonchev–Trinajstić information content (AvgIpc) is 2.94. The summed E-state index contributed by atoms with van der Waals surface area (Å²) in [4.78, 5) is 11.2. The smallest absolute Gasteiger partial charge is 0.224 e. The molecule has 3 rings (SSSR count). The Morgan fingerprint density at radius 1 is 1.50 bits per heavy atom. The molecule has 2 saturated heterocycles. The van der Waals surface area contributed by atoms with Crippen LogP contribution in [0.15, 0.2) is 6.20 Å². The van der Waals surface area contributed by atoms with Crippen molar-refractivity contribution in [3.63, 3.8) is 0 Å². The molecule has 2 atom stereocenters. The van der Waals surface area contributed by atoms with Gasteiger partial charge in [0, 0.05) is 37.9 Å². The Hall–Kier alpha value is -1.40. The van der Waals surface area contributed by atoms with E-state index in [0.29, 0.717) is 12.0 Å². The highest BCUT2D eigenvalue weighted by Gasteiger charge is 2.32. The van der Waals surface area contributed by atoms with Crippen LogP contribution >= 0.6 is 0 Å². The molecule has 2 N–H and O–H groups in total. The van der Waals surface area contributed by atoms with Crippen LogP contribution in [0.1, 0.15) is 18.4 Å². The zero-order valence-electron chi connectivity index (χ0n) is 12.2. The first kappa shape index (κ1) is 13.6. The third-order valence-electron chi connectivity index (χ3n) is 4.15. The molecule has 0 saturated carbocycles. The van der Waals surface area contributed by atoms with Crippen molar-refractivity contribution in [3.05, 3.63) is 11.8 Å². The molecule has 110 valence electrons. The van der Waals surface area contributed by atoms with E-state index in [9.17, 15) is 0 Å². The SMILES string of the molecule is CNc1ncc(C)c(NCC2CN3CCCC3CO2)n1. The minimum Gasteiger partial charge on any atom is -0.373 e. The molecule has 2 aliphatic heterocycles. The molecular formula is C14H23N5O. The van der Waals surface area contributed by atoms with E-state index < -0.39 is 0 Å². The summed E-state index contributed by atoms with van der Waals surface area (Å²) in [7, 11) is 1.83. The van der Waals surface area contributed by atoms with Gasteiger partial charge in [-0.3, -0.25) is 4.90 Å². The predicted octanol–water partition coefficient (Wildman–Crippen LogP) is 1.10. The summed E-state index contributed by atoms with van der Waals surface area (Å²) in [6, 6.07) is 0.655. The quantitative estimate of drug-likeness (QED) is 0.859. The zero-order chi connectivity index (χ0) is 13.9. The number of ether oxygens (including phenoxy) is 1. The fourth-order valence-corrected chi connectivity index (χ4v) is 2.96. The lowest BCUT2D eigenvalue weighted by atomic mass is 10.2. The normalized spacial score (nSPS) is 26.3. The molecular weight excluding hydrogens is 254 g/mol. The molecule has 6 heteroatoms. The third-order valence-corrected chi connectivity index (χ3v) is 4.15. The monoisotopic (exact) mass is 277 g/mol. The molecule has 1 aromatic rings. The molecule has 0 amide bonds. The number of morpholine rings is 1. The number of hydrogen-bond acceptors (Lipinski definition) is 6. The van der Waals surface area contributed by atoms with Crippen molar-refractivity contribution < 1.29 is 4.74 Å². The van der Waals surface area contributed by atoms with E-state index in [-0.39, 0.29) is 6.10 Å². The second-order valence-electron chi connectivity index (χ2n) is 5.60. The van der Waals surface area contributed by atoms with Crippen LogP contribution in [0, 0.1) is 6.92 Å². The number of hydrogen-bond donors (Lipinski definition) is 2. The van der Waals surface area contributed by atoms with Crippen molar-refractivity contribution >= 4 is 11.8 Å². The predicted molar refractivity (Wildman–Crippen MR) is 79.1 cm³/mol. The van der Waals surface area contributed by atoms with Crippen LogP contribution in [0.4, 0.5) is 11.8 Å². The Kier molecular flexibility index (Phi) is 4.03. The fourth-order valence-electron chi connectivity index (χ4n) is 2.96. The number of aryl methyl sites for hydroxylation is 1. The van der Waals surface area contributed by atoms with Gasteiger partial charge in [-0.15, -0.1) is 0 Å². The van der Waals surface area contributed by atoms with Crippen molar-refractivity contribution in [1.82, 2.24) is 14.9 Å². The highest BCUT2D eigenvalue weighted by Crippen LogP contribution is 2.23. The lowest BCUT2D eigenvalue weighted by molar-refractivity contribution is -0.0416. The molecule has 0 aliphatic carbocycles. The summed E-state index contributed by atoms with van der Waals surface area (Å²) in [5.74, 6) is 1.53. The Labute approximate surface area is 119 Å². The molecule has 20 heavy (non-hydrogen) atoms. The first-order valence-corrected chi connectivity index (χ1v) is 7.37. The van der Waals surface area contributed by atoms with E-state index in [0.717, 1.165) is 31.1 Å². The highest BCUT2D eigenvalue weighted by atomic mass is 16.5. The number of anilines is 2. The maximum atomic E-state index is 5.95. The standard InChI is InChI=1S/C14H23N5O/c1-10-6-17-14(15-2)18-13(10)16-7-12-8-19-5-3-4-11(19)9-20-12/h6,11-12H,3-5,7-9H2,1-2H3,(H2,15,16,17,18). The third kappa shape index (κ3) is 2.86. The Morgan fingerprint density at radius 3 is 3.25 bits per heavy atom. The molecule has 2 fully saturated rings. The Balaban J connectivity index is 1.56. The molecule has 3 heterocycles. The van der Waals surface area contributed by atoms with Gasteiger partial charge >= 0.3 is 0 Å². The lowest BCUT2D eigenvalue weighted by Crippen LogP contribution is -2.48. The molecule has 2 aliphatic rings. The van der Waals surface area contributed by atoms with Gasteiger partial charge in [0.1, 0.15) is 5.82 Å². The van der Waals surface area contributed by atoms with Gasteiger partial charge in [0.05, 0.1) is 12.7 Å². The summed E-state index contributed by atoms with van der Waals surface area (Å²) < 4.78 is 5.95. The number of rotatable bonds is 4. The Morgan fingerprint density at radius 2 is 2.40 bits per heavy atom. The van der Waals surface area contributed by atoms with Gasteiger partial charge in [0.2, 0.25) is 5.95 Å². The molecule has 0 radical (unpaired) electrons. The second kappa shape index (κ2) is 5.93. The number of fused-ring (bicyclic) bond motifs is 1. The van der Waals surface area contributed by atoms with Gasteiger partial charge < -0.3 is 15.4 Å². The molecule has 0 bridgehead atoms. The largest absolute Gasteiger partial charge is 0.373 e. The van der Waals surface area contributed by atoms with Crippen LogP contribution < -0.4 is 10.6 Å². The van der Waals surface area contributed by atoms with Gasteiger partial charge in [0.25, 0.3) is 0 Å². The van der Waals surface area contributed by atoms with Gasteiger partial charge in [-0.1, -0.05) is 0 Å². The number of nitrogens with zero attached hydrogens (tertiary/aromatic N) is 3. The van der Waals surface area contributed by atoms with E-state index in [2.05, 4.69) is 25.5 Å². The van der Waals surface area contributed by atoms with Crippen molar-refractivity contribution in [3.8, 4) is 0 Å². The van der Waals surface area contributed by atoms with E-state index in [4.69, 9.17) is 4.74 Å². The van der Waals surface area contributed by atoms with Crippen molar-refractivity contribution in [2.24, 2.45) is 0 Å². The van der Waals surface area contributed by atoms with Crippen LogP contribution in [-0.2, 0) is 4.74 Å². The average molecular weight is 277 g/mol. The summed E-state index contributed by atoms with van der Waals surface area (Å²) in [6.45, 7) is 5.93. The first-order chi connectivity index (χ1) is 9.76. The number of aromatic nitrogens is 2. The van der Waals surface area contributed by atoms with Crippen LogP contribution in [-0.4, -0.2) is 60.3 Å². The lowest BCUT2D eigenvalue weighted by Gasteiger charge is -2.35. The van der Waals surface area contributed by atoms with Crippen LogP contribution in [0.5, 0.6) is 0 Å². The van der Waals surface area contributed by atoms with Gasteiger partial charge in [-0.2, -0.15) is 4.98 Å². The molecule has 1 aromatic heterocycles. The van der Waals surface area contributed by atoms with E-state index in [1.165, 1.54) is 19.4 Å². The maximum absolute atomic E-state index is 5.95. The minimum absolute atomic E-state index is 0.247. The Bertz CT molecular complexity index is 467. The van der Waals surface area contributed by atoms with Crippen molar-refractivity contribution in [2.75, 3.05) is 43.9 Å². The number of nitrogens with one attached hydrogen (secondary N) is 2. The van der Waals surface area contributed by atoms with E-state index >= 15 is 0 Å². The maximum Gasteiger partial charge on any atom is 0.224 e. The second-order valence-corrected chi connectivity index (χ2v) is 5.60. The summed E-state index contributed by atoms with van der Waals surface area (Å²) in [5, 5.41) is 6.36. The summed E-state index contributed by atoms with van der Waals surface area (Å²) >= 11 is 0. The highest BCUT2D eigenvalue weighted by molar-refractivity contribution is 5.46. The van der Waals surface area contributed by atoms with Gasteiger partial charge in [-0.05, 0) is 26.3 Å². The fraction of sp³-hybridized carbons (Fsp3) is 0.714. The molecule has 6 nitrogen and oxygen atoms in total. The van der Waals surface area contributed by atoms with Crippen molar-refractivity contribution in [2.45, 2.75) is 31.9 Å². The zero-order valence-corrected chi connectivity index (χ0v) is 12.2. The summed E-state index contributed by atoms with van der Waals surface area (Å²) in [5.41, 5.74) is 1.05.